The number of carbonyl (C=O) groups is 1. The molecule has 1 saturated carbocycles. The Labute approximate surface area is 145 Å². The molecule has 2 aromatic rings. The van der Waals surface area contributed by atoms with Crippen molar-refractivity contribution in [2.75, 3.05) is 19.4 Å². The van der Waals surface area contributed by atoms with Gasteiger partial charge in [-0.25, -0.2) is 4.98 Å². The summed E-state index contributed by atoms with van der Waals surface area (Å²) in [6.45, 7) is 2.94. The molecule has 8 heteroatoms. The SMILES string of the molecule is CO[C@H]1C[C@@H](Cn2ccc(N)n2)N(C(=O)c2oc(C3CC3)nc2C)C1. The summed E-state index contributed by atoms with van der Waals surface area (Å²) in [6, 6.07) is 1.72. The van der Waals surface area contributed by atoms with Crippen molar-refractivity contribution in [2.24, 2.45) is 0 Å². The molecule has 0 radical (unpaired) electrons. The molecule has 8 nitrogen and oxygen atoms in total. The van der Waals surface area contributed by atoms with Crippen LogP contribution in [-0.4, -0.2) is 51.4 Å². The van der Waals surface area contributed by atoms with Crippen molar-refractivity contribution in [3.63, 3.8) is 0 Å². The minimum Gasteiger partial charge on any atom is -0.435 e. The van der Waals surface area contributed by atoms with Gasteiger partial charge in [-0.15, -0.1) is 0 Å². The lowest BCUT2D eigenvalue weighted by molar-refractivity contribution is 0.0645. The zero-order valence-corrected chi connectivity index (χ0v) is 14.5. The van der Waals surface area contributed by atoms with E-state index >= 15 is 0 Å². The van der Waals surface area contributed by atoms with Crippen LogP contribution in [0.4, 0.5) is 5.82 Å². The molecule has 1 amide bonds. The molecule has 134 valence electrons. The van der Waals surface area contributed by atoms with Crippen molar-refractivity contribution in [2.45, 2.75) is 50.8 Å². The number of nitrogens with zero attached hydrogens (tertiary/aromatic N) is 4. The third-order valence-corrected chi connectivity index (χ3v) is 4.96. The molecule has 0 unspecified atom stereocenters. The molecule has 1 aliphatic heterocycles. The number of aromatic nitrogens is 3. The molecule has 0 spiro atoms. The van der Waals surface area contributed by atoms with Crippen LogP contribution in [-0.2, 0) is 11.3 Å². The number of hydrogen-bond acceptors (Lipinski definition) is 6. The highest BCUT2D eigenvalue weighted by molar-refractivity contribution is 5.93. The number of nitrogens with two attached hydrogens (primary N) is 1. The van der Waals surface area contributed by atoms with Crippen LogP contribution in [0.5, 0.6) is 0 Å². The zero-order valence-electron chi connectivity index (χ0n) is 14.5. The van der Waals surface area contributed by atoms with Crippen molar-refractivity contribution in [3.8, 4) is 0 Å². The molecule has 1 aliphatic carbocycles. The number of likely N-dealkylation sites (tertiary alicyclic amines) is 1. The van der Waals surface area contributed by atoms with E-state index in [0.29, 0.717) is 42.2 Å². The van der Waals surface area contributed by atoms with Gasteiger partial charge >= 0.3 is 0 Å². The van der Waals surface area contributed by atoms with Crippen LogP contribution in [0, 0.1) is 6.92 Å². The fourth-order valence-electron chi connectivity index (χ4n) is 3.41. The number of anilines is 1. The molecule has 0 aromatic carbocycles. The normalized spacial score (nSPS) is 23.4. The first-order chi connectivity index (χ1) is 12.0. The standard InChI is InChI=1S/C17H23N5O3/c1-10-15(25-16(19-10)11-3-4-11)17(23)22-9-13(24-2)7-12(22)8-21-6-5-14(18)20-21/h5-6,11-13H,3-4,7-9H2,1-2H3,(H2,18,20)/t12-,13-/m0/s1. The van der Waals surface area contributed by atoms with Crippen LogP contribution in [0.25, 0.3) is 0 Å². The summed E-state index contributed by atoms with van der Waals surface area (Å²) >= 11 is 0. The number of aryl methyl sites for hydroxylation is 1. The largest absolute Gasteiger partial charge is 0.435 e. The van der Waals surface area contributed by atoms with Gasteiger partial charge in [-0.3, -0.25) is 9.48 Å². The van der Waals surface area contributed by atoms with Crippen molar-refractivity contribution in [1.29, 1.82) is 0 Å². The number of ether oxygens (including phenoxy) is 1. The van der Waals surface area contributed by atoms with Gasteiger partial charge in [0, 0.05) is 25.8 Å². The monoisotopic (exact) mass is 345 g/mol. The van der Waals surface area contributed by atoms with Gasteiger partial charge in [0.1, 0.15) is 5.82 Å². The van der Waals surface area contributed by atoms with Crippen LogP contribution >= 0.6 is 0 Å². The minimum atomic E-state index is -0.124. The van der Waals surface area contributed by atoms with E-state index in [-0.39, 0.29) is 18.1 Å². The van der Waals surface area contributed by atoms with E-state index in [2.05, 4.69) is 10.1 Å². The molecule has 2 N–H and O–H groups in total. The van der Waals surface area contributed by atoms with Crippen molar-refractivity contribution >= 4 is 11.7 Å². The number of hydrogen-bond donors (Lipinski definition) is 1. The van der Waals surface area contributed by atoms with Gasteiger partial charge in [0.2, 0.25) is 5.76 Å². The lowest BCUT2D eigenvalue weighted by atomic mass is 10.2. The first-order valence-electron chi connectivity index (χ1n) is 8.65. The van der Waals surface area contributed by atoms with E-state index in [9.17, 15) is 4.79 Å². The van der Waals surface area contributed by atoms with E-state index in [1.54, 1.807) is 17.9 Å². The summed E-state index contributed by atoms with van der Waals surface area (Å²) in [6.07, 6.45) is 4.76. The molecular weight excluding hydrogens is 322 g/mol. The number of rotatable bonds is 5. The van der Waals surface area contributed by atoms with E-state index < -0.39 is 0 Å². The summed E-state index contributed by atoms with van der Waals surface area (Å²) in [5, 5.41) is 4.22. The number of oxazole rings is 1. The molecule has 2 atom stereocenters. The average molecular weight is 345 g/mol. The molecule has 2 aromatic heterocycles. The number of methoxy groups -OCH3 is 1. The third kappa shape index (κ3) is 3.13. The van der Waals surface area contributed by atoms with Gasteiger partial charge in [0.15, 0.2) is 5.89 Å². The molecule has 0 bridgehead atoms. The zero-order chi connectivity index (χ0) is 17.6. The fraction of sp³-hybridized carbons (Fsp3) is 0.588. The summed E-state index contributed by atoms with van der Waals surface area (Å²) < 4.78 is 13.1. The quantitative estimate of drug-likeness (QED) is 0.883. The summed E-state index contributed by atoms with van der Waals surface area (Å²) in [4.78, 5) is 19.3. The van der Waals surface area contributed by atoms with Crippen LogP contribution in [0.2, 0.25) is 0 Å². The summed E-state index contributed by atoms with van der Waals surface area (Å²) in [5.41, 5.74) is 6.35. The average Bonchev–Trinajstić information content (AvgIpc) is 3.06. The maximum absolute atomic E-state index is 13.1. The maximum atomic E-state index is 13.1. The third-order valence-electron chi connectivity index (χ3n) is 4.96. The Morgan fingerprint density at radius 2 is 2.28 bits per heavy atom. The molecular formula is C17H23N5O3. The Hall–Kier alpha value is -2.35. The molecule has 2 fully saturated rings. The Morgan fingerprint density at radius 3 is 2.92 bits per heavy atom. The second-order valence-corrected chi connectivity index (χ2v) is 6.91. The smallest absolute Gasteiger partial charge is 0.291 e. The Kier molecular flexibility index (Phi) is 3.99. The molecule has 1 saturated heterocycles. The van der Waals surface area contributed by atoms with Gasteiger partial charge in [0.25, 0.3) is 5.91 Å². The highest BCUT2D eigenvalue weighted by atomic mass is 16.5. The molecule has 25 heavy (non-hydrogen) atoms. The van der Waals surface area contributed by atoms with Crippen LogP contribution in [0.1, 0.15) is 47.3 Å². The first-order valence-corrected chi connectivity index (χ1v) is 8.65. The van der Waals surface area contributed by atoms with Gasteiger partial charge in [0.05, 0.1) is 24.4 Å². The van der Waals surface area contributed by atoms with E-state index in [0.717, 1.165) is 19.3 Å². The van der Waals surface area contributed by atoms with E-state index in [1.165, 1.54) is 0 Å². The topological polar surface area (TPSA) is 99.4 Å². The van der Waals surface area contributed by atoms with Crippen molar-refractivity contribution < 1.29 is 13.9 Å². The highest BCUT2D eigenvalue weighted by Gasteiger charge is 2.39. The number of carbonyl (C=O) groups excluding carboxylic acids is 1. The van der Waals surface area contributed by atoms with Crippen molar-refractivity contribution in [1.82, 2.24) is 19.7 Å². The van der Waals surface area contributed by atoms with Gasteiger partial charge in [-0.05, 0) is 32.3 Å². The Morgan fingerprint density at radius 1 is 1.48 bits per heavy atom. The lowest BCUT2D eigenvalue weighted by Crippen LogP contribution is -2.38. The molecule has 4 rings (SSSR count). The molecule has 3 heterocycles. The predicted molar refractivity (Wildman–Crippen MR) is 90.1 cm³/mol. The van der Waals surface area contributed by atoms with Gasteiger partial charge in [-0.1, -0.05) is 0 Å². The van der Waals surface area contributed by atoms with Gasteiger partial charge in [-0.2, -0.15) is 5.10 Å². The van der Waals surface area contributed by atoms with Crippen LogP contribution < -0.4 is 5.73 Å². The Bertz CT molecular complexity index is 779. The second-order valence-electron chi connectivity index (χ2n) is 6.91. The highest BCUT2D eigenvalue weighted by Crippen LogP contribution is 2.40. The van der Waals surface area contributed by atoms with Gasteiger partial charge < -0.3 is 19.8 Å². The summed E-state index contributed by atoms with van der Waals surface area (Å²) in [7, 11) is 1.67. The lowest BCUT2D eigenvalue weighted by Gasteiger charge is -2.23. The second kappa shape index (κ2) is 6.18. The number of nitrogen functional groups attached to an aromatic ring is 1. The maximum Gasteiger partial charge on any atom is 0.291 e. The van der Waals surface area contributed by atoms with Crippen LogP contribution in [0.15, 0.2) is 16.7 Å². The summed E-state index contributed by atoms with van der Waals surface area (Å²) in [5.74, 6) is 1.78. The van der Waals surface area contributed by atoms with Crippen LogP contribution in [0.3, 0.4) is 0 Å². The molecule has 2 aliphatic rings. The van der Waals surface area contributed by atoms with Crippen molar-refractivity contribution in [3.05, 3.63) is 29.6 Å². The first kappa shape index (κ1) is 16.1. The number of amides is 1. The van der Waals surface area contributed by atoms with E-state index in [4.69, 9.17) is 14.9 Å². The Balaban J connectivity index is 1.55. The minimum absolute atomic E-state index is 0.00740. The predicted octanol–water partition coefficient (Wildman–Crippen LogP) is 1.57. The fourth-order valence-corrected chi connectivity index (χ4v) is 3.41. The van der Waals surface area contributed by atoms with E-state index in [1.807, 2.05) is 18.0 Å².